The van der Waals surface area contributed by atoms with Gasteiger partial charge in [-0.15, -0.1) is 0 Å². The molecule has 12 heavy (non-hydrogen) atoms. The van der Waals surface area contributed by atoms with Gasteiger partial charge in [-0.25, -0.2) is 0 Å². The van der Waals surface area contributed by atoms with Gasteiger partial charge in [0.2, 0.25) is 0 Å². The molecule has 1 aromatic heterocycles. The normalized spacial score (nSPS) is 12.8. The van der Waals surface area contributed by atoms with Crippen molar-refractivity contribution in [2.45, 2.75) is 33.1 Å². The van der Waals surface area contributed by atoms with Gasteiger partial charge in [0.15, 0.2) is 0 Å². The molecule has 1 rings (SSSR count). The topological polar surface area (TPSA) is 12.9 Å². The van der Waals surface area contributed by atoms with E-state index >= 15 is 0 Å². The lowest BCUT2D eigenvalue weighted by Crippen LogP contribution is -1.95. The van der Waals surface area contributed by atoms with Crippen molar-refractivity contribution >= 4 is 0 Å². The molecular weight excluding hydrogens is 146 g/mol. The van der Waals surface area contributed by atoms with Crippen molar-refractivity contribution in [1.82, 2.24) is 4.98 Å². The second-order valence-corrected chi connectivity index (χ2v) is 3.41. The minimum atomic E-state index is 0.838. The third kappa shape index (κ3) is 3.04. The van der Waals surface area contributed by atoms with Gasteiger partial charge in [-0.3, -0.25) is 4.98 Å². The van der Waals surface area contributed by atoms with Gasteiger partial charge in [0.05, 0.1) is 0 Å². The summed E-state index contributed by atoms with van der Waals surface area (Å²) in [5, 5.41) is 0. The minimum Gasteiger partial charge on any atom is -0.264 e. The van der Waals surface area contributed by atoms with E-state index in [4.69, 9.17) is 0 Å². The van der Waals surface area contributed by atoms with Crippen molar-refractivity contribution in [3.05, 3.63) is 30.1 Å². The molecular formula is C11H17N. The third-order valence-electron chi connectivity index (χ3n) is 2.35. The van der Waals surface area contributed by atoms with Crippen LogP contribution in [0, 0.1) is 5.92 Å². The molecule has 0 saturated heterocycles. The van der Waals surface area contributed by atoms with Crippen LogP contribution < -0.4 is 0 Å². The summed E-state index contributed by atoms with van der Waals surface area (Å²) in [5.74, 6) is 0.838. The summed E-state index contributed by atoms with van der Waals surface area (Å²) in [5.41, 5.74) is 1.36. The van der Waals surface area contributed by atoms with Crippen molar-refractivity contribution in [3.8, 4) is 0 Å². The molecule has 1 unspecified atom stereocenters. The number of hydrogen-bond donors (Lipinski definition) is 0. The highest BCUT2D eigenvalue weighted by Gasteiger charge is 1.98. The Hall–Kier alpha value is -0.850. The third-order valence-corrected chi connectivity index (χ3v) is 2.35. The molecule has 0 aliphatic carbocycles. The molecule has 1 atom stereocenters. The first-order valence-electron chi connectivity index (χ1n) is 4.71. The predicted molar refractivity (Wildman–Crippen MR) is 52.0 cm³/mol. The van der Waals surface area contributed by atoms with E-state index in [1.54, 1.807) is 0 Å². The van der Waals surface area contributed by atoms with Crippen LogP contribution >= 0.6 is 0 Å². The molecule has 1 heteroatoms. The predicted octanol–water partition coefficient (Wildman–Crippen LogP) is 3.06. The van der Waals surface area contributed by atoms with Gasteiger partial charge in [0.25, 0.3) is 0 Å². The summed E-state index contributed by atoms with van der Waals surface area (Å²) in [7, 11) is 0. The molecule has 0 radical (unpaired) electrons. The maximum Gasteiger partial charge on any atom is 0.0299 e. The molecule has 0 N–H and O–H groups in total. The highest BCUT2D eigenvalue weighted by Crippen LogP contribution is 2.10. The Labute approximate surface area is 74.8 Å². The quantitative estimate of drug-likeness (QED) is 0.664. The number of hydrogen-bond acceptors (Lipinski definition) is 1. The lowest BCUT2D eigenvalue weighted by Gasteiger charge is -2.06. The highest BCUT2D eigenvalue weighted by atomic mass is 14.6. The molecule has 0 aliphatic rings. The summed E-state index contributed by atoms with van der Waals surface area (Å²) < 4.78 is 0. The van der Waals surface area contributed by atoms with Crippen molar-refractivity contribution in [3.63, 3.8) is 0 Å². The lowest BCUT2D eigenvalue weighted by molar-refractivity contribution is 0.516. The van der Waals surface area contributed by atoms with Crippen LogP contribution in [-0.2, 0) is 6.42 Å². The molecule has 1 aromatic rings. The van der Waals surface area contributed by atoms with E-state index in [1.165, 1.54) is 24.8 Å². The van der Waals surface area contributed by atoms with Crippen LogP contribution in [0.2, 0.25) is 0 Å². The second-order valence-electron chi connectivity index (χ2n) is 3.41. The van der Waals surface area contributed by atoms with E-state index in [2.05, 4.69) is 24.9 Å². The fourth-order valence-electron chi connectivity index (χ4n) is 1.16. The maximum atomic E-state index is 4.09. The maximum absolute atomic E-state index is 4.09. The summed E-state index contributed by atoms with van der Waals surface area (Å²) in [6.45, 7) is 4.55. The summed E-state index contributed by atoms with van der Waals surface area (Å²) >= 11 is 0. The largest absolute Gasteiger partial charge is 0.264 e. The average Bonchev–Trinajstić information content (AvgIpc) is 2.16. The lowest BCUT2D eigenvalue weighted by atomic mass is 10.0. The Morgan fingerprint density at radius 3 is 2.92 bits per heavy atom. The zero-order chi connectivity index (χ0) is 8.81. The van der Waals surface area contributed by atoms with E-state index in [0.29, 0.717) is 0 Å². The first kappa shape index (κ1) is 9.24. The van der Waals surface area contributed by atoms with Crippen LogP contribution in [0.3, 0.4) is 0 Å². The van der Waals surface area contributed by atoms with Crippen molar-refractivity contribution in [1.29, 1.82) is 0 Å². The van der Waals surface area contributed by atoms with E-state index < -0.39 is 0 Å². The van der Waals surface area contributed by atoms with Crippen LogP contribution in [0.5, 0.6) is 0 Å². The summed E-state index contributed by atoms with van der Waals surface area (Å²) in [6, 6.07) is 4.15. The van der Waals surface area contributed by atoms with Gasteiger partial charge in [0.1, 0.15) is 0 Å². The minimum absolute atomic E-state index is 0.838. The molecule has 0 spiro atoms. The molecule has 66 valence electrons. The second kappa shape index (κ2) is 4.91. The molecule has 0 aromatic carbocycles. The van der Waals surface area contributed by atoms with Gasteiger partial charge in [-0.05, 0) is 30.4 Å². The summed E-state index contributed by atoms with van der Waals surface area (Å²) in [4.78, 5) is 4.09. The summed E-state index contributed by atoms with van der Waals surface area (Å²) in [6.07, 6.45) is 7.51. The Balaban J connectivity index is 2.33. The van der Waals surface area contributed by atoms with Gasteiger partial charge in [-0.2, -0.15) is 0 Å². The number of nitrogens with zero attached hydrogens (tertiary/aromatic N) is 1. The van der Waals surface area contributed by atoms with Crippen LogP contribution in [0.4, 0.5) is 0 Å². The number of aryl methyl sites for hydroxylation is 1. The fraction of sp³-hybridized carbons (Fsp3) is 0.545. The van der Waals surface area contributed by atoms with E-state index in [9.17, 15) is 0 Å². The molecule has 1 nitrogen and oxygen atoms in total. The van der Waals surface area contributed by atoms with Gasteiger partial charge in [0, 0.05) is 12.4 Å². The van der Waals surface area contributed by atoms with Gasteiger partial charge in [-0.1, -0.05) is 26.3 Å². The Bertz CT molecular complexity index is 206. The highest BCUT2D eigenvalue weighted by molar-refractivity contribution is 5.08. The molecule has 0 amide bonds. The number of pyridine rings is 1. The average molecular weight is 163 g/mol. The SMILES string of the molecule is CCC(C)CCc1cccnc1. The zero-order valence-electron chi connectivity index (χ0n) is 7.96. The van der Waals surface area contributed by atoms with E-state index in [-0.39, 0.29) is 0 Å². The van der Waals surface area contributed by atoms with E-state index in [0.717, 1.165) is 5.92 Å². The van der Waals surface area contributed by atoms with E-state index in [1.807, 2.05) is 18.5 Å². The molecule has 0 aliphatic heterocycles. The number of aromatic nitrogens is 1. The first-order chi connectivity index (χ1) is 5.83. The van der Waals surface area contributed by atoms with Crippen LogP contribution in [-0.4, -0.2) is 4.98 Å². The standard InChI is InChI=1S/C11H17N/c1-3-10(2)6-7-11-5-4-8-12-9-11/h4-5,8-10H,3,6-7H2,1-2H3. The molecule has 1 heterocycles. The molecule has 0 saturated carbocycles. The smallest absolute Gasteiger partial charge is 0.0299 e. The molecule has 0 bridgehead atoms. The fourth-order valence-corrected chi connectivity index (χ4v) is 1.16. The van der Waals surface area contributed by atoms with Crippen LogP contribution in [0.15, 0.2) is 24.5 Å². The van der Waals surface area contributed by atoms with Crippen LogP contribution in [0.1, 0.15) is 32.3 Å². The van der Waals surface area contributed by atoms with Crippen molar-refractivity contribution in [2.75, 3.05) is 0 Å². The monoisotopic (exact) mass is 163 g/mol. The Kier molecular flexibility index (Phi) is 3.78. The van der Waals surface area contributed by atoms with Crippen molar-refractivity contribution in [2.24, 2.45) is 5.92 Å². The zero-order valence-corrected chi connectivity index (χ0v) is 7.96. The Morgan fingerprint density at radius 1 is 1.50 bits per heavy atom. The van der Waals surface area contributed by atoms with Gasteiger partial charge >= 0.3 is 0 Å². The van der Waals surface area contributed by atoms with Gasteiger partial charge < -0.3 is 0 Å². The first-order valence-corrected chi connectivity index (χ1v) is 4.71. The molecule has 0 fully saturated rings. The number of rotatable bonds is 4. The van der Waals surface area contributed by atoms with Crippen molar-refractivity contribution < 1.29 is 0 Å². The van der Waals surface area contributed by atoms with Crippen LogP contribution in [0.25, 0.3) is 0 Å². The Morgan fingerprint density at radius 2 is 2.33 bits per heavy atom.